The number of hydrogen-bond donors (Lipinski definition) is 3. The summed E-state index contributed by atoms with van der Waals surface area (Å²) < 4.78 is 23.2. The van der Waals surface area contributed by atoms with Crippen molar-refractivity contribution in [3.8, 4) is 11.1 Å². The largest absolute Gasteiger partial charge is 0.369 e. The first-order chi connectivity index (χ1) is 14.3. The zero-order valence-corrected chi connectivity index (χ0v) is 17.0. The molecule has 4 N–H and O–H groups in total. The Bertz CT molecular complexity index is 1330. The second-order valence-electron chi connectivity index (χ2n) is 7.01. The Kier molecular flexibility index (Phi) is 5.01. The number of imidazole rings is 1. The molecule has 1 heterocycles. The molecule has 0 spiro atoms. The van der Waals surface area contributed by atoms with Crippen LogP contribution in [0.3, 0.4) is 0 Å². The van der Waals surface area contributed by atoms with Gasteiger partial charge in [-0.2, -0.15) is 0 Å². The minimum absolute atomic E-state index is 0.237. The molecule has 0 atom stereocenters. The van der Waals surface area contributed by atoms with Gasteiger partial charge in [0.15, 0.2) is 15.8 Å². The summed E-state index contributed by atoms with van der Waals surface area (Å²) in [6.07, 6.45) is 1.16. The minimum Gasteiger partial charge on any atom is -0.369 e. The average molecular weight is 420 g/mol. The van der Waals surface area contributed by atoms with E-state index in [0.717, 1.165) is 22.9 Å². The van der Waals surface area contributed by atoms with E-state index in [1.54, 1.807) is 18.2 Å². The first-order valence-electron chi connectivity index (χ1n) is 9.23. The van der Waals surface area contributed by atoms with Crippen LogP contribution in [0.25, 0.3) is 22.2 Å². The molecule has 30 heavy (non-hydrogen) atoms. The van der Waals surface area contributed by atoms with Crippen LogP contribution >= 0.6 is 0 Å². The lowest BCUT2D eigenvalue weighted by Gasteiger charge is -2.09. The van der Waals surface area contributed by atoms with E-state index in [1.165, 1.54) is 12.1 Å². The number of nitrogens with zero attached hydrogens (tertiary/aromatic N) is 1. The first kappa shape index (κ1) is 19.7. The van der Waals surface area contributed by atoms with Crippen molar-refractivity contribution in [3.05, 3.63) is 77.9 Å². The Morgan fingerprint density at radius 2 is 1.73 bits per heavy atom. The topological polar surface area (TPSA) is 118 Å². The van der Waals surface area contributed by atoms with E-state index in [-0.39, 0.29) is 23.3 Å². The highest BCUT2D eigenvalue weighted by molar-refractivity contribution is 7.90. The number of hydrogen-bond acceptors (Lipinski definition) is 5. The van der Waals surface area contributed by atoms with Crippen LogP contribution in [0.1, 0.15) is 15.9 Å². The minimum atomic E-state index is -3.26. The van der Waals surface area contributed by atoms with Crippen molar-refractivity contribution in [2.75, 3.05) is 12.0 Å². The third kappa shape index (κ3) is 4.04. The van der Waals surface area contributed by atoms with Gasteiger partial charge in [0.2, 0.25) is 0 Å². The molecule has 152 valence electrons. The monoisotopic (exact) mass is 420 g/mol. The molecule has 3 aromatic carbocycles. The van der Waals surface area contributed by atoms with E-state index < -0.39 is 9.84 Å². The van der Waals surface area contributed by atoms with Gasteiger partial charge < -0.3 is 16.0 Å². The number of aromatic amines is 1. The van der Waals surface area contributed by atoms with Gasteiger partial charge in [0.05, 0.1) is 16.0 Å². The van der Waals surface area contributed by atoms with Crippen LogP contribution in [-0.2, 0) is 16.4 Å². The van der Waals surface area contributed by atoms with Gasteiger partial charge in [-0.15, -0.1) is 0 Å². The van der Waals surface area contributed by atoms with Crippen molar-refractivity contribution in [1.82, 2.24) is 15.3 Å². The summed E-state index contributed by atoms with van der Waals surface area (Å²) in [7, 11) is -3.26. The van der Waals surface area contributed by atoms with Gasteiger partial charge in [0.1, 0.15) is 5.52 Å². The molecule has 7 nitrogen and oxygen atoms in total. The number of rotatable bonds is 5. The number of benzene rings is 3. The summed E-state index contributed by atoms with van der Waals surface area (Å²) in [5.41, 5.74) is 10.0. The third-order valence-electron chi connectivity index (χ3n) is 4.76. The molecule has 0 aliphatic carbocycles. The van der Waals surface area contributed by atoms with E-state index in [0.29, 0.717) is 16.6 Å². The van der Waals surface area contributed by atoms with Gasteiger partial charge in [-0.05, 0) is 41.0 Å². The molecule has 4 rings (SSSR count). The maximum absolute atomic E-state index is 12.9. The smallest absolute Gasteiger partial charge is 0.253 e. The van der Waals surface area contributed by atoms with Crippen LogP contribution in [0.2, 0.25) is 0 Å². The zero-order valence-electron chi connectivity index (χ0n) is 16.2. The Balaban J connectivity index is 1.62. The lowest BCUT2D eigenvalue weighted by atomic mass is 10.0. The maximum Gasteiger partial charge on any atom is 0.253 e. The van der Waals surface area contributed by atoms with E-state index in [1.807, 2.05) is 36.4 Å². The van der Waals surface area contributed by atoms with Crippen molar-refractivity contribution >= 4 is 32.7 Å². The highest BCUT2D eigenvalue weighted by Gasteiger charge is 2.16. The predicted octanol–water partition coefficient (Wildman–Crippen LogP) is 3.15. The van der Waals surface area contributed by atoms with Gasteiger partial charge >= 0.3 is 0 Å². The lowest BCUT2D eigenvalue weighted by molar-refractivity contribution is 0.0952. The van der Waals surface area contributed by atoms with Gasteiger partial charge in [-0.3, -0.25) is 4.79 Å². The highest BCUT2D eigenvalue weighted by atomic mass is 32.2. The Morgan fingerprint density at radius 3 is 2.40 bits per heavy atom. The summed E-state index contributed by atoms with van der Waals surface area (Å²) in [5.74, 6) is -0.0582. The van der Waals surface area contributed by atoms with E-state index in [9.17, 15) is 13.2 Å². The second-order valence-corrected chi connectivity index (χ2v) is 9.02. The average Bonchev–Trinajstić information content (AvgIpc) is 3.11. The highest BCUT2D eigenvalue weighted by Crippen LogP contribution is 2.27. The molecule has 1 amide bonds. The van der Waals surface area contributed by atoms with Crippen molar-refractivity contribution in [1.29, 1.82) is 0 Å². The molecule has 0 saturated heterocycles. The first-order valence-corrected chi connectivity index (χ1v) is 11.1. The van der Waals surface area contributed by atoms with Crippen LogP contribution in [0.4, 0.5) is 5.95 Å². The number of nitrogen functional groups attached to an aromatic ring is 1. The standard InChI is InChI=1S/C22H20N4O3S/c1-30(28,29)17-9-7-14(8-10-17)13-24-21(27)18-11-16(15-5-3-2-4-6-15)12-19-20(18)26-22(23)25-19/h2-12H,13H2,1H3,(H,24,27)(H3,23,25,26). The predicted molar refractivity (Wildman–Crippen MR) is 117 cm³/mol. The normalized spacial score (nSPS) is 11.5. The number of aromatic nitrogens is 2. The molecular formula is C22H20N4O3S. The van der Waals surface area contributed by atoms with Gasteiger partial charge in [0, 0.05) is 12.8 Å². The van der Waals surface area contributed by atoms with Crippen molar-refractivity contribution in [2.45, 2.75) is 11.4 Å². The number of anilines is 1. The molecule has 0 aliphatic rings. The van der Waals surface area contributed by atoms with Crippen molar-refractivity contribution < 1.29 is 13.2 Å². The number of H-pyrrole nitrogens is 1. The lowest BCUT2D eigenvalue weighted by Crippen LogP contribution is -2.23. The molecule has 0 bridgehead atoms. The maximum atomic E-state index is 12.9. The molecule has 0 fully saturated rings. The van der Waals surface area contributed by atoms with Crippen molar-refractivity contribution in [3.63, 3.8) is 0 Å². The Morgan fingerprint density at radius 1 is 1.03 bits per heavy atom. The van der Waals surface area contributed by atoms with Gasteiger partial charge in [-0.1, -0.05) is 42.5 Å². The van der Waals surface area contributed by atoms with E-state index in [2.05, 4.69) is 15.3 Å². The number of fused-ring (bicyclic) bond motifs is 1. The van der Waals surface area contributed by atoms with E-state index >= 15 is 0 Å². The molecule has 0 unspecified atom stereocenters. The Labute approximate surface area is 173 Å². The molecule has 8 heteroatoms. The third-order valence-corrected chi connectivity index (χ3v) is 5.89. The fraction of sp³-hybridized carbons (Fsp3) is 0.0909. The van der Waals surface area contributed by atoms with Gasteiger partial charge in [-0.25, -0.2) is 13.4 Å². The molecule has 0 radical (unpaired) electrons. The number of carbonyl (C=O) groups excluding carboxylic acids is 1. The summed E-state index contributed by atoms with van der Waals surface area (Å²) >= 11 is 0. The fourth-order valence-corrected chi connectivity index (χ4v) is 3.87. The van der Waals surface area contributed by atoms with Crippen LogP contribution in [0.15, 0.2) is 71.6 Å². The number of sulfone groups is 1. The second kappa shape index (κ2) is 7.64. The van der Waals surface area contributed by atoms with Crippen LogP contribution in [-0.4, -0.2) is 30.5 Å². The fourth-order valence-electron chi connectivity index (χ4n) is 3.24. The summed E-state index contributed by atoms with van der Waals surface area (Å²) in [6, 6.07) is 19.8. The number of carbonyl (C=O) groups is 1. The zero-order chi connectivity index (χ0) is 21.3. The van der Waals surface area contributed by atoms with Crippen LogP contribution in [0, 0.1) is 0 Å². The molecular weight excluding hydrogens is 400 g/mol. The summed E-state index contributed by atoms with van der Waals surface area (Å²) in [5, 5.41) is 2.87. The molecule has 4 aromatic rings. The number of amides is 1. The summed E-state index contributed by atoms with van der Waals surface area (Å²) in [6.45, 7) is 0.250. The molecule has 0 aliphatic heterocycles. The quantitative estimate of drug-likeness (QED) is 0.458. The van der Waals surface area contributed by atoms with Gasteiger partial charge in [0.25, 0.3) is 5.91 Å². The molecule has 0 saturated carbocycles. The van der Waals surface area contributed by atoms with E-state index in [4.69, 9.17) is 5.73 Å². The number of nitrogens with two attached hydrogens (primary N) is 1. The summed E-state index contributed by atoms with van der Waals surface area (Å²) in [4.78, 5) is 20.4. The Hall–Kier alpha value is -3.65. The van der Waals surface area contributed by atoms with Crippen molar-refractivity contribution in [2.24, 2.45) is 0 Å². The van der Waals surface area contributed by atoms with Crippen LogP contribution in [0.5, 0.6) is 0 Å². The SMILES string of the molecule is CS(=O)(=O)c1ccc(CNC(=O)c2cc(-c3ccccc3)cc3[nH]c(N)nc23)cc1. The van der Waals surface area contributed by atoms with Crippen LogP contribution < -0.4 is 11.1 Å². The number of nitrogens with one attached hydrogen (secondary N) is 2. The molecule has 1 aromatic heterocycles.